The van der Waals surface area contributed by atoms with Gasteiger partial charge in [-0.3, -0.25) is 14.4 Å². The molecular weight excluding hydrogens is 575 g/mol. The highest BCUT2D eigenvalue weighted by Gasteiger charge is 2.56. The molecule has 3 fully saturated rings. The Kier molecular flexibility index (Phi) is 12.1. The average Bonchev–Trinajstić information content (AvgIpc) is 2.94. The van der Waals surface area contributed by atoms with Gasteiger partial charge in [-0.2, -0.15) is 0 Å². The average molecular weight is 629 g/mol. The predicted molar refractivity (Wildman–Crippen MR) is 173 cm³/mol. The maximum atomic E-state index is 13.4. The molecule has 1 aromatic carbocycles. The Balaban J connectivity index is 1.58. The van der Waals surface area contributed by atoms with Crippen LogP contribution in [0.3, 0.4) is 0 Å². The summed E-state index contributed by atoms with van der Waals surface area (Å²) in [6.07, 6.45) is 1.33. The van der Waals surface area contributed by atoms with Crippen LogP contribution in [-0.2, 0) is 30.2 Å². The number of hydrogen-bond donors (Lipinski definition) is 5. The lowest BCUT2D eigenvalue weighted by Crippen LogP contribution is -2.59. The monoisotopic (exact) mass is 628 g/mol. The van der Waals surface area contributed by atoms with Gasteiger partial charge in [-0.1, -0.05) is 65.0 Å². The summed E-state index contributed by atoms with van der Waals surface area (Å²) in [5.41, 5.74) is 0.353. The molecule has 3 saturated carbocycles. The highest BCUT2D eigenvalue weighted by Crippen LogP contribution is 2.61. The maximum Gasteiger partial charge on any atom is 0.474 e. The smallest absolute Gasteiger partial charge is 0.444 e. The fourth-order valence-electron chi connectivity index (χ4n) is 6.54. The summed E-state index contributed by atoms with van der Waals surface area (Å²) in [5.74, 6) is -0.458. The van der Waals surface area contributed by atoms with Crippen LogP contribution in [0.2, 0.25) is 0 Å². The van der Waals surface area contributed by atoms with E-state index in [1.165, 1.54) is 13.3 Å². The van der Waals surface area contributed by atoms with Crippen molar-refractivity contribution in [3.05, 3.63) is 35.9 Å². The molecule has 0 aliphatic heterocycles. The molecule has 7 atom stereocenters. The van der Waals surface area contributed by atoms with E-state index in [-0.39, 0.29) is 24.9 Å². The number of hydrogen-bond acceptors (Lipinski definition) is 7. The molecule has 3 aliphatic rings. The van der Waals surface area contributed by atoms with Crippen molar-refractivity contribution in [1.29, 1.82) is 0 Å². The van der Waals surface area contributed by atoms with Crippen molar-refractivity contribution in [2.45, 2.75) is 111 Å². The Morgan fingerprint density at radius 2 is 1.62 bits per heavy atom. The number of rotatable bonds is 13. The number of carbonyl (C=O) groups excluding carboxylic acids is 4. The van der Waals surface area contributed by atoms with E-state index in [2.05, 4.69) is 42.0 Å². The zero-order valence-electron chi connectivity index (χ0n) is 28.3. The topological polar surface area (TPSA) is 155 Å². The molecule has 2 bridgehead atoms. The van der Waals surface area contributed by atoms with Crippen molar-refractivity contribution < 1.29 is 33.6 Å². The fourth-order valence-corrected chi connectivity index (χ4v) is 6.54. The molecule has 0 aromatic heterocycles. The number of carbonyl (C=O) groups is 4. The van der Waals surface area contributed by atoms with E-state index in [4.69, 9.17) is 9.39 Å². The Morgan fingerprint density at radius 3 is 2.18 bits per heavy atom. The van der Waals surface area contributed by atoms with Gasteiger partial charge >= 0.3 is 13.2 Å². The van der Waals surface area contributed by atoms with Gasteiger partial charge in [0.05, 0.1) is 6.44 Å². The minimum atomic E-state index is -1.17. The standard InChI is InChI=1S/C33H53BN4O7/c1-19(2)27(38-31(42)44-32(5,6)7)30(41)37-25(15-22-13-11-10-12-14-22)29(40)36-21(4)28(39)35-18-34(43)45-26-17-23-16-24(20(26)3)33(23,8)9/h10-14,19-21,23-27,43H,15-18H2,1-9H3,(H,35,39)(H,36,40)(H,37,41)(H,38,42). The first-order chi connectivity index (χ1) is 20.9. The first-order valence-electron chi connectivity index (χ1n) is 16.1. The lowest BCUT2D eigenvalue weighted by Gasteiger charge is -2.62. The summed E-state index contributed by atoms with van der Waals surface area (Å²) in [4.78, 5) is 52.1. The van der Waals surface area contributed by atoms with E-state index in [9.17, 15) is 24.2 Å². The first-order valence-corrected chi connectivity index (χ1v) is 16.1. The molecular formula is C33H53BN4O7. The molecule has 250 valence electrons. The van der Waals surface area contributed by atoms with Crippen LogP contribution in [-0.4, -0.2) is 72.2 Å². The van der Waals surface area contributed by atoms with E-state index in [1.807, 2.05) is 30.3 Å². The molecule has 45 heavy (non-hydrogen) atoms. The third-order valence-corrected chi connectivity index (χ3v) is 9.36. The van der Waals surface area contributed by atoms with Gasteiger partial charge in [-0.25, -0.2) is 4.79 Å². The van der Waals surface area contributed by atoms with Gasteiger partial charge in [0.1, 0.15) is 23.7 Å². The van der Waals surface area contributed by atoms with Crippen LogP contribution in [0, 0.1) is 29.1 Å². The molecule has 0 heterocycles. The second-order valence-corrected chi connectivity index (χ2v) is 14.7. The zero-order valence-corrected chi connectivity index (χ0v) is 28.3. The van der Waals surface area contributed by atoms with Crippen molar-refractivity contribution >= 4 is 30.9 Å². The lowest BCUT2D eigenvalue weighted by atomic mass is 9.45. The van der Waals surface area contributed by atoms with Crippen LogP contribution in [0.5, 0.6) is 0 Å². The Labute approximate surface area is 268 Å². The van der Waals surface area contributed by atoms with E-state index < -0.39 is 54.7 Å². The van der Waals surface area contributed by atoms with Crippen molar-refractivity contribution in [2.75, 3.05) is 6.44 Å². The van der Waals surface area contributed by atoms with E-state index in [0.717, 1.165) is 12.0 Å². The van der Waals surface area contributed by atoms with Crippen LogP contribution in [0.4, 0.5) is 4.79 Å². The molecule has 7 unspecified atom stereocenters. The molecule has 11 nitrogen and oxygen atoms in total. The van der Waals surface area contributed by atoms with Crippen molar-refractivity contribution in [2.24, 2.45) is 29.1 Å². The summed E-state index contributed by atoms with van der Waals surface area (Å²) < 4.78 is 11.2. The zero-order chi connectivity index (χ0) is 33.7. The number of benzene rings is 1. The minimum absolute atomic E-state index is 0.0624. The first kappa shape index (κ1) is 36.4. The SMILES string of the molecule is CC(NC(=O)C(Cc1ccccc1)NC(=O)C(NC(=O)OC(C)(C)C)C(C)C)C(=O)NCB(O)OC1CC2CC(C1C)C2(C)C. The molecule has 0 spiro atoms. The normalized spacial score (nSPS) is 23.9. The summed E-state index contributed by atoms with van der Waals surface area (Å²) in [7, 11) is -1.17. The summed E-state index contributed by atoms with van der Waals surface area (Å²) in [6, 6.07) is 6.22. The van der Waals surface area contributed by atoms with Crippen LogP contribution >= 0.6 is 0 Å². The predicted octanol–water partition coefficient (Wildman–Crippen LogP) is 2.99. The quantitative estimate of drug-likeness (QED) is 0.211. The third kappa shape index (κ3) is 9.93. The van der Waals surface area contributed by atoms with Crippen molar-refractivity contribution in [1.82, 2.24) is 21.3 Å². The number of ether oxygens (including phenoxy) is 1. The van der Waals surface area contributed by atoms with E-state index in [0.29, 0.717) is 23.2 Å². The largest absolute Gasteiger partial charge is 0.474 e. The second-order valence-electron chi connectivity index (χ2n) is 14.7. The third-order valence-electron chi connectivity index (χ3n) is 9.36. The summed E-state index contributed by atoms with van der Waals surface area (Å²) in [5, 5.41) is 21.2. The molecule has 1 aromatic rings. The van der Waals surface area contributed by atoms with Crippen LogP contribution in [0.15, 0.2) is 30.3 Å². The Bertz CT molecular complexity index is 1190. The fraction of sp³-hybridized carbons (Fsp3) is 0.697. The van der Waals surface area contributed by atoms with Gasteiger partial charge < -0.3 is 35.7 Å². The second kappa shape index (κ2) is 15.0. The number of alkyl carbamates (subject to hydrolysis) is 1. The molecule has 0 radical (unpaired) electrons. The van der Waals surface area contributed by atoms with Gasteiger partial charge in [0.25, 0.3) is 0 Å². The van der Waals surface area contributed by atoms with Gasteiger partial charge in [-0.15, -0.1) is 0 Å². The van der Waals surface area contributed by atoms with Crippen molar-refractivity contribution in [3.8, 4) is 0 Å². The highest BCUT2D eigenvalue weighted by atomic mass is 16.6. The van der Waals surface area contributed by atoms with Gasteiger partial charge in [0, 0.05) is 12.5 Å². The molecule has 0 saturated heterocycles. The Hall–Kier alpha value is -3.12. The lowest BCUT2D eigenvalue weighted by molar-refractivity contribution is -0.150. The molecule has 5 N–H and O–H groups in total. The summed E-state index contributed by atoms with van der Waals surface area (Å²) in [6.45, 7) is 17.0. The molecule has 12 heteroatoms. The van der Waals surface area contributed by atoms with Crippen molar-refractivity contribution in [3.63, 3.8) is 0 Å². The van der Waals surface area contributed by atoms with Crippen LogP contribution in [0.1, 0.15) is 80.7 Å². The number of nitrogens with one attached hydrogen (secondary N) is 4. The number of amides is 4. The van der Waals surface area contributed by atoms with Crippen LogP contribution in [0.25, 0.3) is 0 Å². The maximum absolute atomic E-state index is 13.4. The van der Waals surface area contributed by atoms with E-state index >= 15 is 0 Å². The van der Waals surface area contributed by atoms with Gasteiger partial charge in [0.15, 0.2) is 0 Å². The van der Waals surface area contributed by atoms with Gasteiger partial charge in [-0.05, 0) is 75.2 Å². The minimum Gasteiger partial charge on any atom is -0.444 e. The Morgan fingerprint density at radius 1 is 0.978 bits per heavy atom. The number of fused-ring (bicyclic) bond motifs is 2. The van der Waals surface area contributed by atoms with Crippen LogP contribution < -0.4 is 21.3 Å². The molecule has 3 aliphatic carbocycles. The molecule has 4 rings (SSSR count). The van der Waals surface area contributed by atoms with E-state index in [1.54, 1.807) is 34.6 Å². The van der Waals surface area contributed by atoms with Gasteiger partial charge in [0.2, 0.25) is 17.7 Å². The summed E-state index contributed by atoms with van der Waals surface area (Å²) >= 11 is 0. The highest BCUT2D eigenvalue weighted by molar-refractivity contribution is 6.43. The molecule has 4 amide bonds.